The molecule has 2 aromatic rings. The first-order chi connectivity index (χ1) is 10.4. The molecule has 0 spiro atoms. The molecule has 0 saturated carbocycles. The first-order valence-corrected chi connectivity index (χ1v) is 7.69. The lowest BCUT2D eigenvalue weighted by molar-refractivity contribution is 0.0580. The summed E-state index contributed by atoms with van der Waals surface area (Å²) >= 11 is 0. The van der Waals surface area contributed by atoms with Gasteiger partial charge in [-0.1, -0.05) is 43.7 Å². The molecule has 0 fully saturated rings. The van der Waals surface area contributed by atoms with Gasteiger partial charge in [-0.05, 0) is 50.1 Å². The van der Waals surface area contributed by atoms with Crippen LogP contribution >= 0.6 is 0 Å². The van der Waals surface area contributed by atoms with E-state index in [0.717, 1.165) is 29.3 Å². The number of amides is 1. The summed E-state index contributed by atoms with van der Waals surface area (Å²) in [5.74, 6) is 0. The predicted octanol–water partition coefficient (Wildman–Crippen LogP) is 5.20. The summed E-state index contributed by atoms with van der Waals surface area (Å²) in [6.07, 6.45) is 1.31. The molecule has 117 valence electrons. The maximum Gasteiger partial charge on any atom is 0.414 e. The van der Waals surface area contributed by atoms with Gasteiger partial charge in [0.05, 0.1) is 0 Å². The molecule has 3 nitrogen and oxygen atoms in total. The lowest BCUT2D eigenvalue weighted by atomic mass is 10.1. The number of hydrogen-bond donors (Lipinski definition) is 0. The smallest absolute Gasteiger partial charge is 0.414 e. The van der Waals surface area contributed by atoms with Crippen molar-refractivity contribution in [2.45, 2.75) is 39.2 Å². The van der Waals surface area contributed by atoms with Crippen molar-refractivity contribution in [2.24, 2.45) is 0 Å². The maximum absolute atomic E-state index is 12.5. The van der Waals surface area contributed by atoms with E-state index in [4.69, 9.17) is 4.74 Å². The second kappa shape index (κ2) is 6.82. The zero-order valence-electron chi connectivity index (χ0n) is 13.6. The number of hydrogen-bond acceptors (Lipinski definition) is 2. The van der Waals surface area contributed by atoms with Crippen molar-refractivity contribution in [1.82, 2.24) is 0 Å². The highest BCUT2D eigenvalue weighted by Gasteiger charge is 2.23. The van der Waals surface area contributed by atoms with Crippen LogP contribution < -0.4 is 4.90 Å². The number of unbranched alkanes of at least 4 members (excludes halogenated alkanes) is 1. The highest BCUT2D eigenvalue weighted by atomic mass is 16.6. The molecule has 0 aromatic heterocycles. The minimum Gasteiger partial charge on any atom is -0.443 e. The summed E-state index contributed by atoms with van der Waals surface area (Å²) in [6.45, 7) is 10.1. The van der Waals surface area contributed by atoms with E-state index in [1.54, 1.807) is 4.90 Å². The molecule has 0 saturated heterocycles. The van der Waals surface area contributed by atoms with Gasteiger partial charge < -0.3 is 4.74 Å². The molecule has 0 bridgehead atoms. The van der Waals surface area contributed by atoms with Crippen molar-refractivity contribution >= 4 is 22.6 Å². The van der Waals surface area contributed by atoms with E-state index >= 15 is 0 Å². The quantitative estimate of drug-likeness (QED) is 0.776. The van der Waals surface area contributed by atoms with E-state index in [2.05, 4.69) is 13.0 Å². The second-order valence-corrected chi connectivity index (χ2v) is 6.37. The summed E-state index contributed by atoms with van der Waals surface area (Å²) in [5.41, 5.74) is 0.359. The molecular formula is C19H24NO2. The van der Waals surface area contributed by atoms with Gasteiger partial charge in [-0.25, -0.2) is 4.79 Å². The predicted molar refractivity (Wildman–Crippen MR) is 92.1 cm³/mol. The number of benzene rings is 2. The summed E-state index contributed by atoms with van der Waals surface area (Å²) in [5, 5.41) is 2.27. The first kappa shape index (κ1) is 16.3. The van der Waals surface area contributed by atoms with Gasteiger partial charge in [-0.3, -0.25) is 4.90 Å². The van der Waals surface area contributed by atoms with E-state index in [-0.39, 0.29) is 6.09 Å². The minimum atomic E-state index is -0.503. The zero-order valence-corrected chi connectivity index (χ0v) is 13.6. The summed E-state index contributed by atoms with van der Waals surface area (Å²) in [6, 6.07) is 14.2. The molecule has 2 rings (SSSR count). The van der Waals surface area contributed by atoms with E-state index in [9.17, 15) is 4.79 Å². The molecule has 0 aliphatic heterocycles. The van der Waals surface area contributed by atoms with Gasteiger partial charge in [-0.15, -0.1) is 0 Å². The Bertz CT molecular complexity index is 643. The Labute approximate surface area is 132 Å². The number of fused-ring (bicyclic) bond motifs is 1. The molecule has 0 unspecified atom stereocenters. The van der Waals surface area contributed by atoms with Crippen LogP contribution in [-0.4, -0.2) is 18.2 Å². The van der Waals surface area contributed by atoms with Gasteiger partial charge in [0.25, 0.3) is 0 Å². The van der Waals surface area contributed by atoms with Crippen LogP contribution in [0.5, 0.6) is 0 Å². The summed E-state index contributed by atoms with van der Waals surface area (Å²) in [4.78, 5) is 14.2. The summed E-state index contributed by atoms with van der Waals surface area (Å²) in [7, 11) is 0. The number of ether oxygens (including phenoxy) is 1. The van der Waals surface area contributed by atoms with Crippen LogP contribution in [0.1, 0.15) is 33.6 Å². The fourth-order valence-corrected chi connectivity index (χ4v) is 2.26. The lowest BCUT2D eigenvalue weighted by Crippen LogP contribution is -2.37. The first-order valence-electron chi connectivity index (χ1n) is 7.69. The van der Waals surface area contributed by atoms with Crippen molar-refractivity contribution < 1.29 is 9.53 Å². The van der Waals surface area contributed by atoms with Crippen molar-refractivity contribution in [1.29, 1.82) is 0 Å². The maximum atomic E-state index is 12.5. The Kier molecular flexibility index (Phi) is 5.07. The zero-order chi connectivity index (χ0) is 16.2. The molecule has 0 N–H and O–H groups in total. The van der Waals surface area contributed by atoms with Crippen molar-refractivity contribution in [3.63, 3.8) is 0 Å². The largest absolute Gasteiger partial charge is 0.443 e. The standard InChI is InChI=1S/C19H24NO2/c1-5-6-13-20(18(21)22-19(2,3)4)17-12-11-15-9-7-8-10-16(15)14-17/h7-12,14H,1,5-6,13H2,2-4H3. The molecule has 0 heterocycles. The van der Waals surface area contributed by atoms with Gasteiger partial charge >= 0.3 is 6.09 Å². The lowest BCUT2D eigenvalue weighted by Gasteiger charge is -2.27. The Balaban J connectivity index is 2.31. The van der Waals surface area contributed by atoms with Gasteiger partial charge in [0.2, 0.25) is 0 Å². The highest BCUT2D eigenvalue weighted by Crippen LogP contribution is 2.24. The van der Waals surface area contributed by atoms with E-state index in [1.165, 1.54) is 0 Å². The van der Waals surface area contributed by atoms with E-state index in [1.807, 2.05) is 57.2 Å². The fraction of sp³-hybridized carbons (Fsp3) is 0.368. The normalized spacial score (nSPS) is 11.5. The van der Waals surface area contributed by atoms with Gasteiger partial charge in [0, 0.05) is 12.2 Å². The number of carbonyl (C=O) groups is 1. The number of anilines is 1. The highest BCUT2D eigenvalue weighted by molar-refractivity contribution is 5.93. The molecule has 3 heteroatoms. The minimum absolute atomic E-state index is 0.309. The third kappa shape index (κ3) is 4.23. The average Bonchev–Trinajstić information content (AvgIpc) is 2.45. The average molecular weight is 298 g/mol. The molecule has 0 aliphatic carbocycles. The van der Waals surface area contributed by atoms with E-state index < -0.39 is 5.60 Å². The molecular weight excluding hydrogens is 274 g/mol. The third-order valence-electron chi connectivity index (χ3n) is 3.29. The Morgan fingerprint density at radius 2 is 1.82 bits per heavy atom. The monoisotopic (exact) mass is 298 g/mol. The molecule has 1 amide bonds. The van der Waals surface area contributed by atoms with Gasteiger partial charge in [0.1, 0.15) is 5.60 Å². The number of carbonyl (C=O) groups excluding carboxylic acids is 1. The van der Waals surface area contributed by atoms with Crippen LogP contribution in [0.25, 0.3) is 10.8 Å². The molecule has 22 heavy (non-hydrogen) atoms. The number of rotatable bonds is 4. The third-order valence-corrected chi connectivity index (χ3v) is 3.29. The van der Waals surface area contributed by atoms with Crippen LogP contribution in [0, 0.1) is 6.92 Å². The van der Waals surface area contributed by atoms with Crippen LogP contribution in [0.15, 0.2) is 42.5 Å². The van der Waals surface area contributed by atoms with Crippen molar-refractivity contribution in [2.75, 3.05) is 11.4 Å². The molecule has 0 atom stereocenters. The van der Waals surface area contributed by atoms with Crippen molar-refractivity contribution in [3.05, 3.63) is 49.4 Å². The van der Waals surface area contributed by atoms with Gasteiger partial charge in [0.15, 0.2) is 0 Å². The van der Waals surface area contributed by atoms with Crippen LogP contribution in [0.2, 0.25) is 0 Å². The van der Waals surface area contributed by atoms with Crippen LogP contribution in [-0.2, 0) is 4.74 Å². The SMILES string of the molecule is [CH2]CCCN(C(=O)OC(C)(C)C)c1ccc2ccccc2c1. The number of nitrogens with zero attached hydrogens (tertiary/aromatic N) is 1. The Morgan fingerprint density at radius 1 is 1.14 bits per heavy atom. The fourth-order valence-electron chi connectivity index (χ4n) is 2.26. The van der Waals surface area contributed by atoms with Gasteiger partial charge in [-0.2, -0.15) is 0 Å². The topological polar surface area (TPSA) is 29.5 Å². The Morgan fingerprint density at radius 3 is 2.45 bits per heavy atom. The molecule has 2 aromatic carbocycles. The molecule has 1 radical (unpaired) electrons. The molecule has 0 aliphatic rings. The van der Waals surface area contributed by atoms with Crippen molar-refractivity contribution in [3.8, 4) is 0 Å². The van der Waals surface area contributed by atoms with Crippen LogP contribution in [0.4, 0.5) is 10.5 Å². The summed E-state index contributed by atoms with van der Waals surface area (Å²) < 4.78 is 5.53. The van der Waals surface area contributed by atoms with Crippen LogP contribution in [0.3, 0.4) is 0 Å². The Hall–Kier alpha value is -2.03. The second-order valence-electron chi connectivity index (χ2n) is 6.37. The van der Waals surface area contributed by atoms with E-state index in [0.29, 0.717) is 6.54 Å².